The van der Waals surface area contributed by atoms with Crippen LogP contribution in [-0.2, 0) is 9.59 Å². The number of para-hydroxylation sites is 1. The number of piperidine rings is 1. The zero-order chi connectivity index (χ0) is 18.4. The molecule has 2 amide bonds. The summed E-state index contributed by atoms with van der Waals surface area (Å²) in [6.45, 7) is 0.327. The third-order valence-electron chi connectivity index (χ3n) is 4.22. The van der Waals surface area contributed by atoms with Crippen molar-refractivity contribution < 1.29 is 22.8 Å². The Labute approximate surface area is 149 Å². The number of hydrogen-bond donors (Lipinski definition) is 0. The Balaban J connectivity index is 2.02. The van der Waals surface area contributed by atoms with E-state index in [9.17, 15) is 22.8 Å². The molecule has 1 aliphatic rings. The number of rotatable bonds is 5. The van der Waals surface area contributed by atoms with Gasteiger partial charge in [-0.1, -0.05) is 18.2 Å². The summed E-state index contributed by atoms with van der Waals surface area (Å²) >= 11 is 5.73. The lowest BCUT2D eigenvalue weighted by Crippen LogP contribution is -2.48. The topological polar surface area (TPSA) is 40.6 Å². The van der Waals surface area contributed by atoms with Gasteiger partial charge in [-0.05, 0) is 31.4 Å². The molecule has 1 saturated heterocycles. The molecule has 0 N–H and O–H groups in total. The lowest BCUT2D eigenvalue weighted by atomic mass is 9.94. The number of halogens is 4. The van der Waals surface area contributed by atoms with Crippen molar-refractivity contribution in [2.75, 3.05) is 30.4 Å². The van der Waals surface area contributed by atoms with E-state index in [1.54, 1.807) is 4.90 Å². The van der Waals surface area contributed by atoms with Crippen LogP contribution in [0.2, 0.25) is 0 Å². The van der Waals surface area contributed by atoms with Crippen LogP contribution in [0.5, 0.6) is 0 Å². The van der Waals surface area contributed by atoms with E-state index in [0.29, 0.717) is 18.8 Å². The van der Waals surface area contributed by atoms with Crippen LogP contribution in [0.3, 0.4) is 0 Å². The third kappa shape index (κ3) is 5.11. The van der Waals surface area contributed by atoms with Crippen molar-refractivity contribution in [2.24, 2.45) is 5.92 Å². The summed E-state index contributed by atoms with van der Waals surface area (Å²) in [6.07, 6.45) is -3.80. The highest BCUT2D eigenvalue weighted by molar-refractivity contribution is 6.17. The molecule has 8 heteroatoms. The van der Waals surface area contributed by atoms with Crippen molar-refractivity contribution in [1.29, 1.82) is 0 Å². The number of carbonyl (C=O) groups is 2. The number of carbonyl (C=O) groups excluding carboxylic acids is 2. The maximum Gasteiger partial charge on any atom is 0.471 e. The monoisotopic (exact) mass is 376 g/mol. The Hall–Kier alpha value is -1.76. The van der Waals surface area contributed by atoms with E-state index in [2.05, 4.69) is 0 Å². The summed E-state index contributed by atoms with van der Waals surface area (Å²) in [5.74, 6) is -1.95. The number of likely N-dealkylation sites (tertiary alicyclic amines) is 1. The number of benzene rings is 1. The summed E-state index contributed by atoms with van der Waals surface area (Å²) in [6, 6.07) is 9.11. The predicted octanol–water partition coefficient (Wildman–Crippen LogP) is 3.45. The molecule has 2 rings (SSSR count). The second-order valence-electron chi connectivity index (χ2n) is 5.93. The zero-order valence-electron chi connectivity index (χ0n) is 13.6. The van der Waals surface area contributed by atoms with Crippen molar-refractivity contribution in [3.8, 4) is 0 Å². The number of anilines is 1. The molecule has 25 heavy (non-hydrogen) atoms. The van der Waals surface area contributed by atoms with E-state index in [1.165, 1.54) is 0 Å². The van der Waals surface area contributed by atoms with Gasteiger partial charge in [0.2, 0.25) is 5.91 Å². The first-order valence-electron chi connectivity index (χ1n) is 8.13. The van der Waals surface area contributed by atoms with Gasteiger partial charge >= 0.3 is 12.1 Å². The van der Waals surface area contributed by atoms with Gasteiger partial charge in [-0.15, -0.1) is 11.6 Å². The van der Waals surface area contributed by atoms with Crippen molar-refractivity contribution in [1.82, 2.24) is 4.90 Å². The largest absolute Gasteiger partial charge is 0.471 e. The van der Waals surface area contributed by atoms with Crippen LogP contribution < -0.4 is 4.90 Å². The second kappa shape index (κ2) is 8.56. The predicted molar refractivity (Wildman–Crippen MR) is 89.5 cm³/mol. The molecule has 1 heterocycles. The van der Waals surface area contributed by atoms with E-state index in [1.807, 2.05) is 30.3 Å². The highest BCUT2D eigenvalue weighted by Gasteiger charge is 2.44. The van der Waals surface area contributed by atoms with Crippen LogP contribution in [0, 0.1) is 5.92 Å². The van der Waals surface area contributed by atoms with Crippen LogP contribution >= 0.6 is 11.6 Å². The van der Waals surface area contributed by atoms with Gasteiger partial charge in [-0.3, -0.25) is 9.59 Å². The van der Waals surface area contributed by atoms with Crippen LogP contribution in [0.25, 0.3) is 0 Å². The number of nitrogens with zero attached hydrogens (tertiary/aromatic N) is 2. The lowest BCUT2D eigenvalue weighted by molar-refractivity contribution is -0.186. The summed E-state index contributed by atoms with van der Waals surface area (Å²) in [4.78, 5) is 26.5. The van der Waals surface area contributed by atoms with Crippen molar-refractivity contribution in [2.45, 2.75) is 25.4 Å². The summed E-state index contributed by atoms with van der Waals surface area (Å²) < 4.78 is 37.5. The highest BCUT2D eigenvalue weighted by Crippen LogP contribution is 2.26. The quantitative estimate of drug-likeness (QED) is 0.738. The molecule has 0 bridgehead atoms. The number of amides is 2. The fourth-order valence-electron chi connectivity index (χ4n) is 2.92. The molecule has 1 aliphatic heterocycles. The average molecular weight is 377 g/mol. The van der Waals surface area contributed by atoms with Crippen LogP contribution in [0.15, 0.2) is 30.3 Å². The molecule has 1 fully saturated rings. The van der Waals surface area contributed by atoms with E-state index < -0.39 is 18.0 Å². The van der Waals surface area contributed by atoms with Crippen LogP contribution in [0.4, 0.5) is 18.9 Å². The van der Waals surface area contributed by atoms with Crippen molar-refractivity contribution in [3.05, 3.63) is 30.3 Å². The SMILES string of the molecule is O=C(C1CCN(C(=O)C(F)(F)F)CC1)N(CCCCl)c1ccccc1. The Morgan fingerprint density at radius 3 is 2.28 bits per heavy atom. The number of alkyl halides is 4. The van der Waals surface area contributed by atoms with E-state index in [4.69, 9.17) is 11.6 Å². The second-order valence-corrected chi connectivity index (χ2v) is 6.31. The van der Waals surface area contributed by atoms with Gasteiger partial charge in [-0.25, -0.2) is 0 Å². The summed E-state index contributed by atoms with van der Waals surface area (Å²) in [5.41, 5.74) is 0.742. The van der Waals surface area contributed by atoms with Gasteiger partial charge in [0.05, 0.1) is 0 Å². The smallest absolute Gasteiger partial charge is 0.335 e. The first-order chi connectivity index (χ1) is 11.8. The Kier molecular flexibility index (Phi) is 6.70. The molecule has 138 valence electrons. The standard InChI is InChI=1S/C17H20ClF3N2O2/c18-9-4-10-23(14-5-2-1-3-6-14)15(24)13-7-11-22(12-8-13)16(25)17(19,20)21/h1-3,5-6,13H,4,7-12H2. The van der Waals surface area contributed by atoms with Gasteiger partial charge < -0.3 is 9.80 Å². The minimum atomic E-state index is -4.87. The molecule has 4 nitrogen and oxygen atoms in total. The maximum atomic E-state index is 12.8. The fourth-order valence-corrected chi connectivity index (χ4v) is 3.04. The normalized spacial score (nSPS) is 15.9. The minimum absolute atomic E-state index is 0.0626. The Bertz CT molecular complexity index is 587. The Morgan fingerprint density at radius 2 is 1.76 bits per heavy atom. The van der Waals surface area contributed by atoms with Gasteiger partial charge in [0.1, 0.15) is 0 Å². The van der Waals surface area contributed by atoms with Gasteiger partial charge in [0.15, 0.2) is 0 Å². The van der Waals surface area contributed by atoms with Gasteiger partial charge in [0.25, 0.3) is 0 Å². The molecule has 0 unspecified atom stereocenters. The van der Waals surface area contributed by atoms with E-state index in [0.717, 1.165) is 10.6 Å². The summed E-state index contributed by atoms with van der Waals surface area (Å²) in [7, 11) is 0. The minimum Gasteiger partial charge on any atom is -0.335 e. The molecule has 0 spiro atoms. The lowest BCUT2D eigenvalue weighted by Gasteiger charge is -2.34. The van der Waals surface area contributed by atoms with Crippen LogP contribution in [0.1, 0.15) is 19.3 Å². The average Bonchev–Trinajstić information content (AvgIpc) is 2.61. The molecule has 1 aromatic rings. The molecule has 1 aromatic carbocycles. The molecule has 0 radical (unpaired) electrons. The molecule has 0 saturated carbocycles. The molecular weight excluding hydrogens is 357 g/mol. The first-order valence-corrected chi connectivity index (χ1v) is 8.66. The molecule has 0 atom stereocenters. The zero-order valence-corrected chi connectivity index (χ0v) is 14.4. The fraction of sp³-hybridized carbons (Fsp3) is 0.529. The van der Waals surface area contributed by atoms with Gasteiger partial charge in [0, 0.05) is 37.1 Å². The number of hydrogen-bond acceptors (Lipinski definition) is 2. The van der Waals surface area contributed by atoms with Crippen molar-refractivity contribution >= 4 is 29.1 Å². The van der Waals surface area contributed by atoms with E-state index >= 15 is 0 Å². The molecule has 0 aromatic heterocycles. The third-order valence-corrected chi connectivity index (χ3v) is 4.49. The van der Waals surface area contributed by atoms with Gasteiger partial charge in [-0.2, -0.15) is 13.2 Å². The van der Waals surface area contributed by atoms with Crippen LogP contribution in [-0.4, -0.2) is 48.4 Å². The highest BCUT2D eigenvalue weighted by atomic mass is 35.5. The Morgan fingerprint density at radius 1 is 1.16 bits per heavy atom. The first kappa shape index (κ1) is 19.6. The molecule has 0 aliphatic carbocycles. The van der Waals surface area contributed by atoms with E-state index in [-0.39, 0.29) is 31.8 Å². The maximum absolute atomic E-state index is 12.8. The summed E-state index contributed by atoms with van der Waals surface area (Å²) in [5, 5.41) is 0. The molecular formula is C17H20ClF3N2O2. The van der Waals surface area contributed by atoms with Crippen molar-refractivity contribution in [3.63, 3.8) is 0 Å².